The van der Waals surface area contributed by atoms with Crippen molar-refractivity contribution in [2.45, 2.75) is 12.8 Å². The van der Waals surface area contributed by atoms with Gasteiger partial charge >= 0.3 is 0 Å². The van der Waals surface area contributed by atoms with Crippen LogP contribution in [0.25, 0.3) is 0 Å². The molecule has 0 saturated carbocycles. The van der Waals surface area contributed by atoms with E-state index in [1.807, 2.05) is 24.4 Å². The molecule has 6 heteroatoms. The van der Waals surface area contributed by atoms with Crippen molar-refractivity contribution in [1.29, 1.82) is 0 Å². The molecule has 104 valence electrons. The smallest absolute Gasteiger partial charge is 0.233 e. The van der Waals surface area contributed by atoms with Crippen LogP contribution in [0.4, 0.5) is 5.82 Å². The fraction of sp³-hybridized carbons (Fsp3) is 0.538. The van der Waals surface area contributed by atoms with Gasteiger partial charge in [-0.2, -0.15) is 0 Å². The van der Waals surface area contributed by atoms with Crippen LogP contribution in [-0.2, 0) is 4.79 Å². The third-order valence-electron chi connectivity index (χ3n) is 3.38. The zero-order chi connectivity index (χ0) is 13.5. The Morgan fingerprint density at radius 2 is 2.11 bits per heavy atom. The largest absolute Gasteiger partial charge is 0.354 e. The number of nitrogens with zero attached hydrogens (tertiary/aromatic N) is 3. The number of hydrogen-bond acceptors (Lipinski definition) is 5. The van der Waals surface area contributed by atoms with E-state index >= 15 is 0 Å². The Morgan fingerprint density at radius 1 is 1.32 bits per heavy atom. The van der Waals surface area contributed by atoms with E-state index in [9.17, 15) is 4.79 Å². The highest BCUT2D eigenvalue weighted by atomic mass is 16.2. The second-order valence-corrected chi connectivity index (χ2v) is 4.69. The Bertz CT molecular complexity index is 389. The van der Waals surface area contributed by atoms with Crippen LogP contribution in [0.3, 0.4) is 0 Å². The Hall–Kier alpha value is -1.66. The van der Waals surface area contributed by atoms with Gasteiger partial charge in [-0.05, 0) is 25.1 Å². The normalized spacial score (nSPS) is 16.4. The van der Waals surface area contributed by atoms with Gasteiger partial charge in [0, 0.05) is 38.8 Å². The highest BCUT2D eigenvalue weighted by molar-refractivity contribution is 5.75. The number of pyridine rings is 1. The van der Waals surface area contributed by atoms with Crippen LogP contribution in [0, 0.1) is 0 Å². The van der Waals surface area contributed by atoms with Gasteiger partial charge in [0.05, 0.1) is 0 Å². The van der Waals surface area contributed by atoms with Crippen LogP contribution in [0.1, 0.15) is 12.8 Å². The van der Waals surface area contributed by atoms with E-state index in [1.54, 1.807) is 0 Å². The Labute approximate surface area is 113 Å². The molecule has 19 heavy (non-hydrogen) atoms. The first kappa shape index (κ1) is 13.8. The molecule has 2 rings (SSSR count). The molecule has 1 aliphatic heterocycles. The van der Waals surface area contributed by atoms with Crippen molar-refractivity contribution in [3.05, 3.63) is 24.4 Å². The summed E-state index contributed by atoms with van der Waals surface area (Å²) in [5, 5.41) is 0. The molecule has 1 aromatic heterocycles. The Kier molecular flexibility index (Phi) is 5.11. The molecule has 0 aliphatic carbocycles. The van der Waals surface area contributed by atoms with Gasteiger partial charge in [-0.1, -0.05) is 6.07 Å². The molecule has 1 saturated heterocycles. The van der Waals surface area contributed by atoms with Gasteiger partial charge in [-0.3, -0.25) is 15.1 Å². The quantitative estimate of drug-likeness (QED) is 0.443. The molecule has 0 spiro atoms. The topological polar surface area (TPSA) is 74.5 Å². The van der Waals surface area contributed by atoms with Gasteiger partial charge in [0.25, 0.3) is 0 Å². The summed E-state index contributed by atoms with van der Waals surface area (Å²) in [6, 6.07) is 5.99. The van der Waals surface area contributed by atoms with Crippen LogP contribution in [-0.4, -0.2) is 48.5 Å². The molecule has 2 heterocycles. The summed E-state index contributed by atoms with van der Waals surface area (Å²) in [7, 11) is 0. The molecular weight excluding hydrogens is 242 g/mol. The number of hydrazine groups is 1. The number of piperazine rings is 1. The minimum absolute atomic E-state index is 0.0906. The predicted octanol–water partition coefficient (Wildman–Crippen LogP) is -0.0263. The van der Waals surface area contributed by atoms with E-state index in [2.05, 4.69) is 20.2 Å². The third-order valence-corrected chi connectivity index (χ3v) is 3.38. The minimum atomic E-state index is -0.0906. The number of carbonyl (C=O) groups is 1. The molecule has 6 nitrogen and oxygen atoms in total. The lowest BCUT2D eigenvalue weighted by atomic mass is 10.2. The molecule has 0 atom stereocenters. The average Bonchev–Trinajstić information content (AvgIpc) is 2.48. The summed E-state index contributed by atoms with van der Waals surface area (Å²) in [5.74, 6) is 6.00. The van der Waals surface area contributed by atoms with Gasteiger partial charge in [0.2, 0.25) is 5.91 Å². The van der Waals surface area contributed by atoms with Crippen LogP contribution >= 0.6 is 0 Å². The van der Waals surface area contributed by atoms with Crippen molar-refractivity contribution in [2.75, 3.05) is 37.6 Å². The maximum atomic E-state index is 11.0. The second-order valence-electron chi connectivity index (χ2n) is 4.69. The van der Waals surface area contributed by atoms with E-state index in [1.165, 1.54) is 0 Å². The average molecular weight is 263 g/mol. The zero-order valence-corrected chi connectivity index (χ0v) is 11.1. The lowest BCUT2D eigenvalue weighted by Gasteiger charge is -2.35. The lowest BCUT2D eigenvalue weighted by molar-refractivity contribution is -0.121. The number of carbonyl (C=O) groups excluding carboxylic acids is 1. The molecule has 3 N–H and O–H groups in total. The van der Waals surface area contributed by atoms with E-state index < -0.39 is 0 Å². The monoisotopic (exact) mass is 263 g/mol. The minimum Gasteiger partial charge on any atom is -0.354 e. The summed E-state index contributed by atoms with van der Waals surface area (Å²) in [4.78, 5) is 20.1. The Balaban J connectivity index is 1.69. The van der Waals surface area contributed by atoms with E-state index in [0.717, 1.165) is 45.0 Å². The lowest BCUT2D eigenvalue weighted by Crippen LogP contribution is -2.47. The first-order chi connectivity index (χ1) is 9.29. The molecule has 0 bridgehead atoms. The number of rotatable bonds is 5. The number of nitrogens with one attached hydrogen (secondary N) is 1. The maximum Gasteiger partial charge on any atom is 0.233 e. The molecule has 1 aliphatic rings. The van der Waals surface area contributed by atoms with E-state index in [0.29, 0.717) is 6.42 Å². The first-order valence-corrected chi connectivity index (χ1v) is 6.67. The summed E-state index contributed by atoms with van der Waals surface area (Å²) in [6.45, 7) is 4.95. The highest BCUT2D eigenvalue weighted by Crippen LogP contribution is 2.12. The van der Waals surface area contributed by atoms with Gasteiger partial charge in [-0.25, -0.2) is 10.8 Å². The fourth-order valence-corrected chi connectivity index (χ4v) is 2.28. The molecule has 1 amide bonds. The number of amides is 1. The Morgan fingerprint density at radius 3 is 2.74 bits per heavy atom. The van der Waals surface area contributed by atoms with Gasteiger partial charge in [0.15, 0.2) is 0 Å². The number of hydrogen-bond donors (Lipinski definition) is 2. The first-order valence-electron chi connectivity index (χ1n) is 6.67. The highest BCUT2D eigenvalue weighted by Gasteiger charge is 2.17. The molecule has 1 aromatic rings. The molecule has 0 radical (unpaired) electrons. The number of anilines is 1. The standard InChI is InChI=1S/C13H21N5O/c14-16-13(19)5-3-7-17-8-10-18(11-9-17)12-4-1-2-6-15-12/h1-2,4,6H,3,5,7-11,14H2,(H,16,19). The number of nitrogens with two attached hydrogens (primary N) is 1. The van der Waals surface area contributed by atoms with Crippen LogP contribution in [0.2, 0.25) is 0 Å². The zero-order valence-electron chi connectivity index (χ0n) is 11.1. The maximum absolute atomic E-state index is 11.0. The van der Waals surface area contributed by atoms with Crippen molar-refractivity contribution >= 4 is 11.7 Å². The summed E-state index contributed by atoms with van der Waals surface area (Å²) >= 11 is 0. The van der Waals surface area contributed by atoms with Crippen molar-refractivity contribution in [1.82, 2.24) is 15.3 Å². The summed E-state index contributed by atoms with van der Waals surface area (Å²) in [6.07, 6.45) is 3.18. The van der Waals surface area contributed by atoms with Crippen molar-refractivity contribution in [3.63, 3.8) is 0 Å². The van der Waals surface area contributed by atoms with E-state index in [4.69, 9.17) is 5.84 Å². The predicted molar refractivity (Wildman–Crippen MR) is 74.5 cm³/mol. The van der Waals surface area contributed by atoms with Gasteiger partial charge in [0.1, 0.15) is 5.82 Å². The van der Waals surface area contributed by atoms with Crippen molar-refractivity contribution < 1.29 is 4.79 Å². The van der Waals surface area contributed by atoms with Crippen LogP contribution < -0.4 is 16.2 Å². The van der Waals surface area contributed by atoms with Gasteiger partial charge < -0.3 is 4.90 Å². The fourth-order valence-electron chi connectivity index (χ4n) is 2.28. The SMILES string of the molecule is NNC(=O)CCCN1CCN(c2ccccn2)CC1. The molecule has 1 fully saturated rings. The number of aromatic nitrogens is 1. The summed E-state index contributed by atoms with van der Waals surface area (Å²) in [5.41, 5.74) is 2.16. The van der Waals surface area contributed by atoms with Gasteiger partial charge in [-0.15, -0.1) is 0 Å². The molecular formula is C13H21N5O. The van der Waals surface area contributed by atoms with Crippen molar-refractivity contribution in [2.24, 2.45) is 5.84 Å². The third kappa shape index (κ3) is 4.18. The summed E-state index contributed by atoms with van der Waals surface area (Å²) < 4.78 is 0. The molecule has 0 aromatic carbocycles. The van der Waals surface area contributed by atoms with Crippen LogP contribution in [0.5, 0.6) is 0 Å². The van der Waals surface area contributed by atoms with Crippen molar-refractivity contribution in [3.8, 4) is 0 Å². The van der Waals surface area contributed by atoms with E-state index in [-0.39, 0.29) is 5.91 Å². The van der Waals surface area contributed by atoms with Crippen LogP contribution in [0.15, 0.2) is 24.4 Å². The molecule has 0 unspecified atom stereocenters. The second kappa shape index (κ2) is 7.06.